The maximum atomic E-state index is 11.8. The second-order valence-corrected chi connectivity index (χ2v) is 5.92. The molecule has 0 aliphatic heterocycles. The third-order valence-corrected chi connectivity index (χ3v) is 3.53. The number of hydrogen-bond donors (Lipinski definition) is 1. The Kier molecular flexibility index (Phi) is 3.09. The van der Waals surface area contributed by atoms with Crippen LogP contribution in [0.1, 0.15) is 36.0 Å². The summed E-state index contributed by atoms with van der Waals surface area (Å²) in [6.45, 7) is 6.34. The minimum atomic E-state index is -0.0285. The zero-order valence-corrected chi connectivity index (χ0v) is 10.7. The lowest BCUT2D eigenvalue weighted by molar-refractivity contribution is 0.0829. The number of carbonyl (C=O) groups is 1. The molecule has 0 bridgehead atoms. The smallest absolute Gasteiger partial charge is 0.256 e. The van der Waals surface area contributed by atoms with Gasteiger partial charge in [-0.3, -0.25) is 4.79 Å². The Morgan fingerprint density at radius 3 is 2.27 bits per heavy atom. The van der Waals surface area contributed by atoms with E-state index in [1.165, 1.54) is 11.3 Å². The molecule has 84 valence electrons. The summed E-state index contributed by atoms with van der Waals surface area (Å²) >= 11 is 1.50. The van der Waals surface area contributed by atoms with E-state index in [1.807, 2.05) is 6.07 Å². The fourth-order valence-corrected chi connectivity index (χ4v) is 2.16. The van der Waals surface area contributed by atoms with Crippen LogP contribution in [0.4, 0.5) is 5.00 Å². The fraction of sp³-hybridized carbons (Fsp3) is 0.545. The van der Waals surface area contributed by atoms with Gasteiger partial charge in [0.05, 0.1) is 10.6 Å². The van der Waals surface area contributed by atoms with E-state index in [0.29, 0.717) is 10.6 Å². The molecule has 0 fully saturated rings. The Hall–Kier alpha value is -1.03. The van der Waals surface area contributed by atoms with Crippen LogP contribution in [0.5, 0.6) is 0 Å². The van der Waals surface area contributed by atoms with Crippen LogP contribution in [-0.2, 0) is 5.41 Å². The lowest BCUT2D eigenvalue weighted by atomic mass is 9.94. The molecule has 1 rings (SSSR count). The maximum absolute atomic E-state index is 11.8. The van der Waals surface area contributed by atoms with Crippen molar-refractivity contribution in [2.45, 2.75) is 26.2 Å². The molecule has 0 unspecified atom stereocenters. The van der Waals surface area contributed by atoms with Gasteiger partial charge in [0.25, 0.3) is 5.91 Å². The first-order valence-electron chi connectivity index (χ1n) is 4.85. The van der Waals surface area contributed by atoms with Gasteiger partial charge in [-0.2, -0.15) is 0 Å². The number of hydrogen-bond acceptors (Lipinski definition) is 3. The van der Waals surface area contributed by atoms with Gasteiger partial charge in [-0.1, -0.05) is 20.8 Å². The van der Waals surface area contributed by atoms with Crippen molar-refractivity contribution in [3.8, 4) is 0 Å². The van der Waals surface area contributed by atoms with Gasteiger partial charge in [0.15, 0.2) is 0 Å². The van der Waals surface area contributed by atoms with Crippen molar-refractivity contribution in [1.29, 1.82) is 0 Å². The Morgan fingerprint density at radius 2 is 1.93 bits per heavy atom. The average molecular weight is 226 g/mol. The molecule has 1 amide bonds. The third kappa shape index (κ3) is 2.50. The first-order valence-corrected chi connectivity index (χ1v) is 5.66. The van der Waals surface area contributed by atoms with Crippen LogP contribution in [0.25, 0.3) is 0 Å². The highest BCUT2D eigenvalue weighted by molar-refractivity contribution is 7.16. The molecule has 0 saturated carbocycles. The summed E-state index contributed by atoms with van der Waals surface area (Å²) in [5.74, 6) is -0.0285. The molecule has 0 saturated heterocycles. The van der Waals surface area contributed by atoms with Crippen LogP contribution in [-0.4, -0.2) is 24.9 Å². The molecular weight excluding hydrogens is 208 g/mol. The minimum absolute atomic E-state index is 0.0285. The molecule has 0 aromatic carbocycles. The second kappa shape index (κ2) is 3.85. The molecule has 0 atom stereocenters. The number of nitrogens with zero attached hydrogens (tertiary/aromatic N) is 1. The topological polar surface area (TPSA) is 46.3 Å². The van der Waals surface area contributed by atoms with E-state index in [1.54, 1.807) is 19.0 Å². The lowest BCUT2D eigenvalue weighted by Crippen LogP contribution is -2.22. The molecule has 1 aromatic rings. The normalized spacial score (nSPS) is 11.5. The van der Waals surface area contributed by atoms with Gasteiger partial charge >= 0.3 is 0 Å². The minimum Gasteiger partial charge on any atom is -0.390 e. The predicted octanol–water partition coefficient (Wildman–Crippen LogP) is 2.33. The lowest BCUT2D eigenvalue weighted by Gasteiger charge is -2.15. The summed E-state index contributed by atoms with van der Waals surface area (Å²) in [7, 11) is 3.46. The number of nitrogens with two attached hydrogens (primary N) is 1. The number of nitrogen functional groups attached to an aromatic ring is 1. The molecule has 1 aromatic heterocycles. The molecule has 0 aliphatic rings. The van der Waals surface area contributed by atoms with Gasteiger partial charge in [0, 0.05) is 19.0 Å². The Balaban J connectivity index is 3.13. The van der Waals surface area contributed by atoms with Crippen LogP contribution < -0.4 is 5.73 Å². The van der Waals surface area contributed by atoms with Crippen molar-refractivity contribution in [1.82, 2.24) is 4.90 Å². The van der Waals surface area contributed by atoms with E-state index in [9.17, 15) is 4.79 Å². The highest BCUT2D eigenvalue weighted by Gasteiger charge is 2.22. The first kappa shape index (κ1) is 12.0. The maximum Gasteiger partial charge on any atom is 0.256 e. The van der Waals surface area contributed by atoms with Crippen molar-refractivity contribution >= 4 is 22.2 Å². The Labute approximate surface area is 94.9 Å². The SMILES string of the molecule is CN(C)C(=O)c1cc(C(C)(C)C)sc1N. The number of carbonyl (C=O) groups excluding carboxylic acids is 1. The van der Waals surface area contributed by atoms with Crippen molar-refractivity contribution < 1.29 is 4.79 Å². The van der Waals surface area contributed by atoms with Gasteiger partial charge in [0.1, 0.15) is 0 Å². The van der Waals surface area contributed by atoms with Gasteiger partial charge in [0.2, 0.25) is 0 Å². The first-order chi connectivity index (χ1) is 6.73. The van der Waals surface area contributed by atoms with Crippen molar-refractivity contribution in [3.05, 3.63) is 16.5 Å². The summed E-state index contributed by atoms with van der Waals surface area (Å²) in [4.78, 5) is 14.4. The van der Waals surface area contributed by atoms with Gasteiger partial charge in [-0.05, 0) is 11.5 Å². The summed E-state index contributed by atoms with van der Waals surface area (Å²) < 4.78 is 0. The summed E-state index contributed by atoms with van der Waals surface area (Å²) in [6.07, 6.45) is 0. The van der Waals surface area contributed by atoms with E-state index in [2.05, 4.69) is 20.8 Å². The highest BCUT2D eigenvalue weighted by atomic mass is 32.1. The molecule has 15 heavy (non-hydrogen) atoms. The molecule has 0 radical (unpaired) electrons. The predicted molar refractivity (Wildman–Crippen MR) is 65.4 cm³/mol. The van der Waals surface area contributed by atoms with E-state index >= 15 is 0 Å². The molecule has 1 heterocycles. The number of rotatable bonds is 1. The van der Waals surface area contributed by atoms with E-state index in [4.69, 9.17) is 5.73 Å². The standard InChI is InChI=1S/C11H18N2OS/c1-11(2,3)8-6-7(9(12)15-8)10(14)13(4)5/h6H,12H2,1-5H3. The van der Waals surface area contributed by atoms with Gasteiger partial charge in [-0.25, -0.2) is 0 Å². The zero-order chi connectivity index (χ0) is 11.8. The van der Waals surface area contributed by atoms with Crippen molar-refractivity contribution in [2.75, 3.05) is 19.8 Å². The number of anilines is 1. The van der Waals surface area contributed by atoms with Crippen LogP contribution in [0, 0.1) is 0 Å². The average Bonchev–Trinajstić information content (AvgIpc) is 2.45. The quantitative estimate of drug-likeness (QED) is 0.799. The second-order valence-electron chi connectivity index (χ2n) is 4.84. The zero-order valence-electron chi connectivity index (χ0n) is 9.92. The molecule has 2 N–H and O–H groups in total. The largest absolute Gasteiger partial charge is 0.390 e. The van der Waals surface area contributed by atoms with E-state index in [-0.39, 0.29) is 11.3 Å². The molecule has 4 heteroatoms. The summed E-state index contributed by atoms with van der Waals surface area (Å²) in [5.41, 5.74) is 6.51. The fourth-order valence-electron chi connectivity index (χ4n) is 1.18. The van der Waals surface area contributed by atoms with Gasteiger partial charge in [-0.15, -0.1) is 11.3 Å². The van der Waals surface area contributed by atoms with Crippen molar-refractivity contribution in [2.24, 2.45) is 0 Å². The molecular formula is C11H18N2OS. The van der Waals surface area contributed by atoms with Crippen LogP contribution >= 0.6 is 11.3 Å². The molecule has 0 spiro atoms. The Morgan fingerprint density at radius 1 is 1.40 bits per heavy atom. The highest BCUT2D eigenvalue weighted by Crippen LogP contribution is 2.34. The molecule has 0 aliphatic carbocycles. The van der Waals surface area contributed by atoms with E-state index in [0.717, 1.165) is 4.88 Å². The molecule has 3 nitrogen and oxygen atoms in total. The van der Waals surface area contributed by atoms with Crippen molar-refractivity contribution in [3.63, 3.8) is 0 Å². The summed E-state index contributed by atoms with van der Waals surface area (Å²) in [6, 6.07) is 1.91. The van der Waals surface area contributed by atoms with Crippen LogP contribution in [0.15, 0.2) is 6.07 Å². The summed E-state index contributed by atoms with van der Waals surface area (Å²) in [5, 5.41) is 0.610. The number of amides is 1. The number of thiophene rings is 1. The van der Waals surface area contributed by atoms with E-state index < -0.39 is 0 Å². The Bertz CT molecular complexity index is 374. The van der Waals surface area contributed by atoms with Crippen LogP contribution in [0.3, 0.4) is 0 Å². The third-order valence-electron chi connectivity index (χ3n) is 2.14. The van der Waals surface area contributed by atoms with Gasteiger partial charge < -0.3 is 10.6 Å². The van der Waals surface area contributed by atoms with Crippen LogP contribution in [0.2, 0.25) is 0 Å². The monoisotopic (exact) mass is 226 g/mol.